The lowest BCUT2D eigenvalue weighted by Gasteiger charge is -2.30. The minimum atomic E-state index is -3.60. The van der Waals surface area contributed by atoms with Crippen LogP contribution in [0.5, 0.6) is 5.75 Å². The number of hydrogen-bond acceptors (Lipinski definition) is 5. The first-order chi connectivity index (χ1) is 13.5. The van der Waals surface area contributed by atoms with Crippen molar-refractivity contribution in [1.82, 2.24) is 19.5 Å². The molecule has 0 spiro atoms. The number of halogens is 1. The molecular weight excluding hydrogens is 383 g/mol. The Balaban J connectivity index is 1.59. The molecule has 0 bridgehead atoms. The van der Waals surface area contributed by atoms with Crippen molar-refractivity contribution in [3.8, 4) is 5.75 Å². The Labute approximate surface area is 165 Å². The first kappa shape index (κ1) is 20.7. The molecule has 1 aliphatic rings. The number of aryl methyl sites for hydroxylation is 1. The number of benzene rings is 1. The molecule has 0 amide bonds. The van der Waals surface area contributed by atoms with Crippen LogP contribution in [-0.2, 0) is 10.0 Å². The van der Waals surface area contributed by atoms with Gasteiger partial charge in [-0.15, -0.1) is 10.2 Å². The van der Waals surface area contributed by atoms with Crippen molar-refractivity contribution in [2.45, 2.75) is 62.4 Å². The van der Waals surface area contributed by atoms with E-state index in [-0.39, 0.29) is 23.7 Å². The van der Waals surface area contributed by atoms with E-state index in [2.05, 4.69) is 14.9 Å². The summed E-state index contributed by atoms with van der Waals surface area (Å²) in [5, 5.41) is 7.95. The number of hydrogen-bond donors (Lipinski definition) is 1. The van der Waals surface area contributed by atoms with Crippen molar-refractivity contribution >= 4 is 10.0 Å². The number of rotatable bonds is 9. The molecule has 2 aromatic rings. The van der Waals surface area contributed by atoms with Gasteiger partial charge in [0.15, 0.2) is 0 Å². The highest BCUT2D eigenvalue weighted by molar-refractivity contribution is 7.89. The van der Waals surface area contributed by atoms with Gasteiger partial charge in [0.1, 0.15) is 17.9 Å². The molecule has 1 heterocycles. The number of aromatic nitrogens is 3. The summed E-state index contributed by atoms with van der Waals surface area (Å²) in [6.07, 6.45) is 6.27. The Morgan fingerprint density at radius 1 is 1.25 bits per heavy atom. The maximum absolute atomic E-state index is 12.7. The molecule has 1 N–H and O–H groups in total. The molecule has 0 saturated heterocycles. The van der Waals surface area contributed by atoms with Crippen molar-refractivity contribution in [1.29, 1.82) is 0 Å². The fourth-order valence-electron chi connectivity index (χ4n) is 3.57. The van der Waals surface area contributed by atoms with E-state index in [1.807, 2.05) is 11.5 Å². The summed E-state index contributed by atoms with van der Waals surface area (Å²) in [5.41, 5.74) is 0. The zero-order valence-electron chi connectivity index (χ0n) is 16.1. The van der Waals surface area contributed by atoms with Gasteiger partial charge in [0, 0.05) is 12.1 Å². The van der Waals surface area contributed by atoms with Gasteiger partial charge in [0.2, 0.25) is 10.0 Å². The topological polar surface area (TPSA) is 86.1 Å². The van der Waals surface area contributed by atoms with E-state index in [1.165, 1.54) is 12.1 Å². The maximum atomic E-state index is 12.7. The maximum Gasteiger partial charge on any atom is 0.240 e. The van der Waals surface area contributed by atoms with Crippen molar-refractivity contribution in [2.24, 2.45) is 0 Å². The first-order valence-electron chi connectivity index (χ1n) is 9.67. The summed E-state index contributed by atoms with van der Waals surface area (Å²) >= 11 is 0. The van der Waals surface area contributed by atoms with Crippen molar-refractivity contribution in [3.63, 3.8) is 0 Å². The molecule has 1 fully saturated rings. The molecule has 3 rings (SSSR count). The normalized spacial score (nSPS) is 20.2. The lowest BCUT2D eigenvalue weighted by Crippen LogP contribution is -2.38. The lowest BCUT2D eigenvalue weighted by atomic mass is 9.91. The second-order valence-corrected chi connectivity index (χ2v) is 8.85. The second kappa shape index (κ2) is 9.47. The van der Waals surface area contributed by atoms with E-state index >= 15 is 0 Å². The third kappa shape index (κ3) is 5.29. The number of nitrogens with one attached hydrogen (secondary N) is 1. The van der Waals surface area contributed by atoms with Gasteiger partial charge in [0.25, 0.3) is 0 Å². The Morgan fingerprint density at radius 3 is 2.71 bits per heavy atom. The van der Waals surface area contributed by atoms with Gasteiger partial charge in [-0.05, 0) is 69.7 Å². The van der Waals surface area contributed by atoms with Gasteiger partial charge in [-0.1, -0.05) is 0 Å². The van der Waals surface area contributed by atoms with Crippen LogP contribution >= 0.6 is 0 Å². The Bertz CT molecular complexity index is 854. The zero-order chi connectivity index (χ0) is 20.0. The Kier molecular flexibility index (Phi) is 7.01. The predicted octanol–water partition coefficient (Wildman–Crippen LogP) is 3.18. The van der Waals surface area contributed by atoms with E-state index in [0.717, 1.165) is 25.1 Å². The van der Waals surface area contributed by atoms with Crippen LogP contribution in [0.25, 0.3) is 0 Å². The van der Waals surface area contributed by atoms with Crippen LogP contribution in [0.15, 0.2) is 35.5 Å². The number of alkyl halides is 1. The second-order valence-electron chi connectivity index (χ2n) is 7.14. The van der Waals surface area contributed by atoms with Gasteiger partial charge in [0.05, 0.1) is 18.2 Å². The summed E-state index contributed by atoms with van der Waals surface area (Å²) < 4.78 is 47.9. The van der Waals surface area contributed by atoms with Crippen LogP contribution in [0.3, 0.4) is 0 Å². The van der Waals surface area contributed by atoms with Gasteiger partial charge < -0.3 is 9.30 Å². The van der Waals surface area contributed by atoms with Crippen molar-refractivity contribution < 1.29 is 17.5 Å². The fraction of sp³-hybridized carbons (Fsp3) is 0.579. The molecule has 28 heavy (non-hydrogen) atoms. The largest absolute Gasteiger partial charge is 0.494 e. The molecule has 1 aromatic heterocycles. The van der Waals surface area contributed by atoms with Crippen molar-refractivity contribution in [3.05, 3.63) is 36.4 Å². The molecule has 154 valence electrons. The molecule has 2 atom stereocenters. The highest BCUT2D eigenvalue weighted by atomic mass is 32.2. The van der Waals surface area contributed by atoms with Crippen molar-refractivity contribution in [2.75, 3.05) is 13.3 Å². The third-order valence-electron chi connectivity index (χ3n) is 5.04. The SMILES string of the molecule is Cc1nncn1C1CCCC(NS(=O)(=O)c2ccc(OCCCCF)cc2)C1. The predicted molar refractivity (Wildman–Crippen MR) is 104 cm³/mol. The van der Waals surface area contributed by atoms with Gasteiger partial charge >= 0.3 is 0 Å². The monoisotopic (exact) mass is 410 g/mol. The lowest BCUT2D eigenvalue weighted by molar-refractivity contribution is 0.297. The Morgan fingerprint density at radius 2 is 2.04 bits per heavy atom. The summed E-state index contributed by atoms with van der Waals surface area (Å²) in [4.78, 5) is 0.214. The molecule has 7 nitrogen and oxygen atoms in total. The molecule has 1 aromatic carbocycles. The van der Waals surface area contributed by atoms with Crippen LogP contribution in [0, 0.1) is 6.92 Å². The zero-order valence-corrected chi connectivity index (χ0v) is 16.9. The summed E-state index contributed by atoms with van der Waals surface area (Å²) in [7, 11) is -3.60. The van der Waals surface area contributed by atoms with E-state index < -0.39 is 10.0 Å². The smallest absolute Gasteiger partial charge is 0.240 e. The standard InChI is InChI=1S/C19H27FN4O3S/c1-15-22-21-14-24(15)17-6-4-5-16(13-17)23-28(25,26)19-9-7-18(8-10-19)27-12-3-2-11-20/h7-10,14,16-17,23H,2-6,11-13H2,1H3. The molecular formula is C19H27FN4O3S. The van der Waals surface area contributed by atoms with Gasteiger partial charge in [-0.3, -0.25) is 4.39 Å². The van der Waals surface area contributed by atoms with Crippen LogP contribution < -0.4 is 9.46 Å². The summed E-state index contributed by atoms with van der Waals surface area (Å²) in [5.74, 6) is 1.43. The fourth-order valence-corrected chi connectivity index (χ4v) is 4.85. The number of ether oxygens (including phenoxy) is 1. The van der Waals surface area contributed by atoms with E-state index in [1.54, 1.807) is 18.5 Å². The molecule has 0 aliphatic heterocycles. The molecule has 1 aliphatic carbocycles. The van der Waals surface area contributed by atoms with Crippen LogP contribution in [0.4, 0.5) is 4.39 Å². The van der Waals surface area contributed by atoms with Crippen LogP contribution in [-0.4, -0.2) is 42.5 Å². The van der Waals surface area contributed by atoms with Crippen LogP contribution in [0.1, 0.15) is 50.4 Å². The third-order valence-corrected chi connectivity index (χ3v) is 6.58. The van der Waals surface area contributed by atoms with Crippen LogP contribution in [0.2, 0.25) is 0 Å². The summed E-state index contributed by atoms with van der Waals surface area (Å²) in [6, 6.07) is 6.43. The average Bonchev–Trinajstić information content (AvgIpc) is 3.11. The molecule has 1 saturated carbocycles. The van der Waals surface area contributed by atoms with Gasteiger partial charge in [-0.25, -0.2) is 13.1 Å². The molecule has 0 radical (unpaired) electrons. The average molecular weight is 411 g/mol. The summed E-state index contributed by atoms with van der Waals surface area (Å²) in [6.45, 7) is 1.97. The number of sulfonamides is 1. The van der Waals surface area contributed by atoms with E-state index in [9.17, 15) is 12.8 Å². The highest BCUT2D eigenvalue weighted by Crippen LogP contribution is 2.30. The molecule has 2 unspecified atom stereocenters. The first-order valence-corrected chi connectivity index (χ1v) is 11.1. The number of unbranched alkanes of at least 4 members (excludes halogenated alkanes) is 1. The highest BCUT2D eigenvalue weighted by Gasteiger charge is 2.28. The quantitative estimate of drug-likeness (QED) is 0.642. The van der Waals surface area contributed by atoms with Gasteiger partial charge in [-0.2, -0.15) is 0 Å². The molecule has 9 heteroatoms. The minimum Gasteiger partial charge on any atom is -0.494 e. The Hall–Kier alpha value is -2.00. The number of nitrogens with zero attached hydrogens (tertiary/aromatic N) is 3. The minimum absolute atomic E-state index is 0.123. The van der Waals surface area contributed by atoms with E-state index in [4.69, 9.17) is 4.74 Å². The van der Waals surface area contributed by atoms with E-state index in [0.29, 0.717) is 31.6 Å².